The highest BCUT2D eigenvalue weighted by atomic mass is 15.2. The van der Waals surface area contributed by atoms with Crippen molar-refractivity contribution < 1.29 is 0 Å². The Kier molecular flexibility index (Phi) is 2.18. The van der Waals surface area contributed by atoms with Gasteiger partial charge in [0.2, 0.25) is 0 Å². The summed E-state index contributed by atoms with van der Waals surface area (Å²) in [6.07, 6.45) is 0. The van der Waals surface area contributed by atoms with Crippen LogP contribution >= 0.6 is 0 Å². The molecule has 1 heteroatoms. The minimum Gasteiger partial charge on any atom is -0.297 e. The first kappa shape index (κ1) is 9.51. The van der Waals surface area contributed by atoms with Crippen LogP contribution in [0.4, 0.5) is 0 Å². The highest BCUT2D eigenvalue weighted by Crippen LogP contribution is 2.54. The third-order valence-corrected chi connectivity index (χ3v) is 5.01. The van der Waals surface area contributed by atoms with E-state index in [1.807, 2.05) is 0 Å². The predicted octanol–water partition coefficient (Wildman–Crippen LogP) is 2.62. The quantitative estimate of drug-likeness (QED) is 0.601. The summed E-state index contributed by atoms with van der Waals surface area (Å²) in [7, 11) is 0. The molecule has 76 valence electrons. The van der Waals surface area contributed by atoms with Gasteiger partial charge in [-0.2, -0.15) is 0 Å². The van der Waals surface area contributed by atoms with E-state index < -0.39 is 0 Å². The molecule has 0 N–H and O–H groups in total. The lowest BCUT2D eigenvalue weighted by atomic mass is 9.60. The first-order valence-corrected chi connectivity index (χ1v) is 5.85. The molecule has 0 radical (unpaired) electrons. The second-order valence-electron chi connectivity index (χ2n) is 5.22. The van der Waals surface area contributed by atoms with Gasteiger partial charge in [0, 0.05) is 12.1 Å². The molecule has 1 unspecified atom stereocenters. The van der Waals surface area contributed by atoms with Crippen molar-refractivity contribution in [2.24, 2.45) is 23.7 Å². The summed E-state index contributed by atoms with van der Waals surface area (Å²) in [4.78, 5) is 2.72. The van der Waals surface area contributed by atoms with Crippen molar-refractivity contribution in [3.05, 3.63) is 0 Å². The van der Waals surface area contributed by atoms with Crippen LogP contribution in [0.3, 0.4) is 0 Å². The zero-order chi connectivity index (χ0) is 9.75. The molecule has 1 heterocycles. The maximum atomic E-state index is 2.72. The Morgan fingerprint density at radius 2 is 1.54 bits per heavy atom. The van der Waals surface area contributed by atoms with Gasteiger partial charge in [-0.15, -0.1) is 0 Å². The van der Waals surface area contributed by atoms with Gasteiger partial charge in [-0.05, 0) is 37.1 Å². The van der Waals surface area contributed by atoms with Gasteiger partial charge in [-0.3, -0.25) is 4.90 Å². The summed E-state index contributed by atoms with van der Waals surface area (Å²) in [6.45, 7) is 13.3. The zero-order valence-corrected chi connectivity index (χ0v) is 9.62. The lowest BCUT2D eigenvalue weighted by molar-refractivity contribution is -0.00163. The minimum atomic E-state index is 0.812. The molecule has 2 rings (SSSR count). The second kappa shape index (κ2) is 2.98. The Morgan fingerprint density at radius 3 is 2.08 bits per heavy atom. The van der Waals surface area contributed by atoms with E-state index in [0.717, 1.165) is 35.8 Å². The molecular formula is C12H23N. The maximum Gasteiger partial charge on any atom is 0.0160 e. The number of likely N-dealkylation sites (tertiary alicyclic amines) is 1. The summed E-state index contributed by atoms with van der Waals surface area (Å²) >= 11 is 0. The monoisotopic (exact) mass is 181 g/mol. The molecule has 0 aromatic carbocycles. The van der Waals surface area contributed by atoms with E-state index in [0.29, 0.717) is 0 Å². The van der Waals surface area contributed by atoms with Crippen LogP contribution in [0.15, 0.2) is 0 Å². The zero-order valence-electron chi connectivity index (χ0n) is 9.62. The molecule has 1 aliphatic heterocycles. The molecule has 2 aliphatic rings. The number of rotatable bonds is 1. The van der Waals surface area contributed by atoms with Crippen molar-refractivity contribution in [3.8, 4) is 0 Å². The molecule has 1 aliphatic carbocycles. The fourth-order valence-corrected chi connectivity index (χ4v) is 3.88. The molecule has 0 aromatic rings. The van der Waals surface area contributed by atoms with E-state index in [1.54, 1.807) is 0 Å². The molecule has 0 amide bonds. The molecule has 0 bridgehead atoms. The van der Waals surface area contributed by atoms with Crippen molar-refractivity contribution in [1.29, 1.82) is 0 Å². The highest BCUT2D eigenvalue weighted by Gasteiger charge is 2.56. The number of nitrogens with zero attached hydrogens (tertiary/aromatic N) is 1. The van der Waals surface area contributed by atoms with E-state index in [9.17, 15) is 0 Å². The smallest absolute Gasteiger partial charge is 0.0160 e. The van der Waals surface area contributed by atoms with E-state index in [-0.39, 0.29) is 0 Å². The molecule has 0 spiro atoms. The summed E-state index contributed by atoms with van der Waals surface area (Å²) in [5, 5.41) is 0. The number of hydrogen-bond donors (Lipinski definition) is 0. The average molecular weight is 181 g/mol. The third kappa shape index (κ3) is 1.03. The molecule has 6 atom stereocenters. The summed E-state index contributed by atoms with van der Waals surface area (Å²) < 4.78 is 0. The van der Waals surface area contributed by atoms with Crippen LogP contribution in [0.2, 0.25) is 0 Å². The van der Waals surface area contributed by atoms with E-state index in [1.165, 1.54) is 6.54 Å². The van der Waals surface area contributed by atoms with Crippen LogP contribution in [-0.2, 0) is 0 Å². The molecule has 1 nitrogen and oxygen atoms in total. The van der Waals surface area contributed by atoms with Gasteiger partial charge < -0.3 is 0 Å². The fourth-order valence-electron chi connectivity index (χ4n) is 3.88. The maximum absolute atomic E-state index is 2.72. The second-order valence-corrected chi connectivity index (χ2v) is 5.22. The molecule has 1 saturated heterocycles. The van der Waals surface area contributed by atoms with Gasteiger partial charge in [-0.25, -0.2) is 0 Å². The lowest BCUT2D eigenvalue weighted by Gasteiger charge is -2.49. The molecule has 2 fully saturated rings. The van der Waals surface area contributed by atoms with Crippen LogP contribution in [0.1, 0.15) is 34.6 Å². The number of hydrogen-bond acceptors (Lipinski definition) is 1. The summed E-state index contributed by atoms with van der Waals surface area (Å²) in [5.41, 5.74) is 0. The van der Waals surface area contributed by atoms with Crippen molar-refractivity contribution in [3.63, 3.8) is 0 Å². The predicted molar refractivity (Wildman–Crippen MR) is 56.6 cm³/mol. The normalized spacial score (nSPS) is 56.1. The average Bonchev–Trinajstić information content (AvgIpc) is 2.37. The van der Waals surface area contributed by atoms with Crippen LogP contribution in [-0.4, -0.2) is 23.5 Å². The Bertz CT molecular complexity index is 191. The van der Waals surface area contributed by atoms with Crippen molar-refractivity contribution in [2.75, 3.05) is 6.54 Å². The highest BCUT2D eigenvalue weighted by molar-refractivity contribution is 5.08. The van der Waals surface area contributed by atoms with E-state index in [2.05, 4.69) is 39.5 Å². The van der Waals surface area contributed by atoms with Gasteiger partial charge in [0.1, 0.15) is 0 Å². The summed E-state index contributed by atoms with van der Waals surface area (Å²) in [5.74, 6) is 3.79. The Morgan fingerprint density at radius 1 is 0.923 bits per heavy atom. The molecular weight excluding hydrogens is 158 g/mol. The van der Waals surface area contributed by atoms with E-state index >= 15 is 0 Å². The Hall–Kier alpha value is -0.0400. The third-order valence-electron chi connectivity index (χ3n) is 5.01. The van der Waals surface area contributed by atoms with Gasteiger partial charge in [0.15, 0.2) is 0 Å². The molecule has 0 aromatic heterocycles. The lowest BCUT2D eigenvalue weighted by Crippen LogP contribution is -2.53. The molecule has 13 heavy (non-hydrogen) atoms. The minimum absolute atomic E-state index is 0.812. The standard InChI is InChI=1S/C12H23N/c1-6-13-10(5)9(4)11-7(2)8(3)12(11)13/h7-12H,6H2,1-5H3/t7-,8+,9+,10-,11?,12+/m1/s1. The first-order chi connectivity index (χ1) is 6.09. The van der Waals surface area contributed by atoms with Gasteiger partial charge in [-0.1, -0.05) is 27.7 Å². The molecule has 1 saturated carbocycles. The van der Waals surface area contributed by atoms with Crippen LogP contribution in [0.25, 0.3) is 0 Å². The Balaban J connectivity index is 2.18. The van der Waals surface area contributed by atoms with Gasteiger partial charge >= 0.3 is 0 Å². The fraction of sp³-hybridized carbons (Fsp3) is 1.00. The SMILES string of the molecule is CCN1[C@H](C)[C@H](C)C2[C@@H]1[C@@H](C)[C@H]2C. The van der Waals surface area contributed by atoms with Crippen molar-refractivity contribution in [2.45, 2.75) is 46.7 Å². The van der Waals surface area contributed by atoms with Gasteiger partial charge in [0.25, 0.3) is 0 Å². The largest absolute Gasteiger partial charge is 0.297 e. The Labute approximate surface area is 82.5 Å². The topological polar surface area (TPSA) is 3.24 Å². The first-order valence-electron chi connectivity index (χ1n) is 5.85. The van der Waals surface area contributed by atoms with Crippen LogP contribution in [0, 0.1) is 23.7 Å². The van der Waals surface area contributed by atoms with Crippen molar-refractivity contribution >= 4 is 0 Å². The van der Waals surface area contributed by atoms with Gasteiger partial charge in [0.05, 0.1) is 0 Å². The van der Waals surface area contributed by atoms with Crippen LogP contribution < -0.4 is 0 Å². The van der Waals surface area contributed by atoms with Crippen LogP contribution in [0.5, 0.6) is 0 Å². The van der Waals surface area contributed by atoms with Crippen molar-refractivity contribution in [1.82, 2.24) is 4.90 Å². The summed E-state index contributed by atoms with van der Waals surface area (Å²) in [6, 6.07) is 1.72. The number of fused-ring (bicyclic) bond motifs is 1. The van der Waals surface area contributed by atoms with E-state index in [4.69, 9.17) is 0 Å².